The molecule has 7 heteroatoms. The third-order valence-electron chi connectivity index (χ3n) is 3.30. The van der Waals surface area contributed by atoms with Crippen LogP contribution >= 0.6 is 0 Å². The summed E-state index contributed by atoms with van der Waals surface area (Å²) in [5.74, 6) is 0.198. The van der Waals surface area contributed by atoms with Crippen LogP contribution in [0.4, 0.5) is 13.2 Å². The second-order valence-corrected chi connectivity index (χ2v) is 5.24. The molecule has 0 spiro atoms. The minimum Gasteiger partial charge on any atom is -0.492 e. The van der Waals surface area contributed by atoms with E-state index in [4.69, 9.17) is 4.74 Å². The summed E-state index contributed by atoms with van der Waals surface area (Å²) < 4.78 is 43.1. The second-order valence-electron chi connectivity index (χ2n) is 5.24. The van der Waals surface area contributed by atoms with Crippen LogP contribution in [0.1, 0.15) is 27.3 Å². The SMILES string of the molecule is Cc1ccc(OCCNC(=O)c2ccc(C(F)(F)F)nc2C)cc1. The molecule has 24 heavy (non-hydrogen) atoms. The summed E-state index contributed by atoms with van der Waals surface area (Å²) in [5, 5.41) is 2.59. The fourth-order valence-corrected chi connectivity index (χ4v) is 2.02. The lowest BCUT2D eigenvalue weighted by Gasteiger charge is -2.11. The summed E-state index contributed by atoms with van der Waals surface area (Å²) in [6, 6.07) is 9.38. The standard InChI is InChI=1S/C17H17F3N2O2/c1-11-3-5-13(6-4-11)24-10-9-21-16(23)14-7-8-15(17(18,19)20)22-12(14)2/h3-8H,9-10H2,1-2H3,(H,21,23). The van der Waals surface area contributed by atoms with Crippen LogP contribution in [0.15, 0.2) is 36.4 Å². The zero-order chi connectivity index (χ0) is 17.7. The maximum atomic E-state index is 12.6. The van der Waals surface area contributed by atoms with Gasteiger partial charge in [0.15, 0.2) is 0 Å². The van der Waals surface area contributed by atoms with Crippen molar-refractivity contribution in [2.24, 2.45) is 0 Å². The lowest BCUT2D eigenvalue weighted by atomic mass is 10.1. The lowest BCUT2D eigenvalue weighted by Crippen LogP contribution is -2.29. The highest BCUT2D eigenvalue weighted by molar-refractivity contribution is 5.95. The minimum atomic E-state index is -4.53. The van der Waals surface area contributed by atoms with Gasteiger partial charge < -0.3 is 10.1 Å². The van der Waals surface area contributed by atoms with Gasteiger partial charge in [0.1, 0.15) is 18.1 Å². The van der Waals surface area contributed by atoms with Crippen molar-refractivity contribution in [3.63, 3.8) is 0 Å². The number of halogens is 3. The van der Waals surface area contributed by atoms with Crippen molar-refractivity contribution < 1.29 is 22.7 Å². The molecule has 0 bridgehead atoms. The Hall–Kier alpha value is -2.57. The van der Waals surface area contributed by atoms with Gasteiger partial charge in [0.05, 0.1) is 17.8 Å². The van der Waals surface area contributed by atoms with Gasteiger partial charge in [-0.15, -0.1) is 0 Å². The van der Waals surface area contributed by atoms with E-state index in [1.807, 2.05) is 31.2 Å². The number of hydrogen-bond acceptors (Lipinski definition) is 3. The van der Waals surface area contributed by atoms with Crippen LogP contribution in [-0.2, 0) is 6.18 Å². The maximum Gasteiger partial charge on any atom is 0.433 e. The van der Waals surface area contributed by atoms with E-state index in [1.54, 1.807) is 0 Å². The Morgan fingerprint density at radius 3 is 2.38 bits per heavy atom. The van der Waals surface area contributed by atoms with Gasteiger partial charge in [0.2, 0.25) is 0 Å². The monoisotopic (exact) mass is 338 g/mol. The lowest BCUT2D eigenvalue weighted by molar-refractivity contribution is -0.141. The van der Waals surface area contributed by atoms with Gasteiger partial charge in [-0.05, 0) is 38.1 Å². The number of hydrogen-bond donors (Lipinski definition) is 1. The highest BCUT2D eigenvalue weighted by Gasteiger charge is 2.33. The molecule has 1 amide bonds. The summed E-state index contributed by atoms with van der Waals surface area (Å²) >= 11 is 0. The molecular formula is C17H17F3N2O2. The number of aryl methyl sites for hydroxylation is 2. The van der Waals surface area contributed by atoms with E-state index in [1.165, 1.54) is 6.92 Å². The Morgan fingerprint density at radius 1 is 1.12 bits per heavy atom. The molecule has 0 aliphatic heterocycles. The number of carbonyl (C=O) groups excluding carboxylic acids is 1. The number of amides is 1. The normalized spacial score (nSPS) is 11.2. The highest BCUT2D eigenvalue weighted by atomic mass is 19.4. The number of nitrogens with one attached hydrogen (secondary N) is 1. The Kier molecular flexibility index (Phi) is 5.43. The van der Waals surface area contributed by atoms with E-state index in [-0.39, 0.29) is 24.4 Å². The van der Waals surface area contributed by atoms with Gasteiger partial charge in [-0.25, -0.2) is 4.98 Å². The first kappa shape index (κ1) is 17.8. The largest absolute Gasteiger partial charge is 0.492 e. The molecule has 0 unspecified atom stereocenters. The Morgan fingerprint density at radius 2 is 1.79 bits per heavy atom. The van der Waals surface area contributed by atoms with Crippen molar-refractivity contribution in [2.75, 3.05) is 13.2 Å². The predicted molar refractivity (Wildman–Crippen MR) is 83.0 cm³/mol. The maximum absolute atomic E-state index is 12.6. The smallest absolute Gasteiger partial charge is 0.433 e. The van der Waals surface area contributed by atoms with Crippen LogP contribution in [0, 0.1) is 13.8 Å². The van der Waals surface area contributed by atoms with Gasteiger partial charge in [0.25, 0.3) is 5.91 Å². The molecule has 0 aliphatic carbocycles. The average molecular weight is 338 g/mol. The van der Waals surface area contributed by atoms with Crippen LogP contribution in [0.3, 0.4) is 0 Å². The van der Waals surface area contributed by atoms with Crippen LogP contribution in [0.25, 0.3) is 0 Å². The Labute approximate surface area is 137 Å². The number of alkyl halides is 3. The summed E-state index contributed by atoms with van der Waals surface area (Å²) in [7, 11) is 0. The van der Waals surface area contributed by atoms with Crippen molar-refractivity contribution in [1.29, 1.82) is 0 Å². The van der Waals surface area contributed by atoms with Crippen LogP contribution in [-0.4, -0.2) is 24.0 Å². The minimum absolute atomic E-state index is 0.0294. The number of carbonyl (C=O) groups is 1. The zero-order valence-electron chi connectivity index (χ0n) is 13.3. The van der Waals surface area contributed by atoms with Crippen molar-refractivity contribution in [2.45, 2.75) is 20.0 Å². The summed E-state index contributed by atoms with van der Waals surface area (Å²) in [5.41, 5.74) is 0.236. The van der Waals surface area contributed by atoms with Gasteiger partial charge in [-0.2, -0.15) is 13.2 Å². The molecule has 0 radical (unpaired) electrons. The molecule has 1 aromatic carbocycles. The van der Waals surface area contributed by atoms with Crippen molar-refractivity contribution in [3.05, 3.63) is 58.9 Å². The van der Waals surface area contributed by atoms with Crippen molar-refractivity contribution in [3.8, 4) is 5.75 Å². The summed E-state index contributed by atoms with van der Waals surface area (Å²) in [6.45, 7) is 3.81. The molecule has 0 saturated carbocycles. The Balaban J connectivity index is 1.87. The number of benzene rings is 1. The number of pyridine rings is 1. The molecule has 1 aromatic heterocycles. The van der Waals surface area contributed by atoms with Crippen LogP contribution < -0.4 is 10.1 Å². The van der Waals surface area contributed by atoms with Crippen molar-refractivity contribution >= 4 is 5.91 Å². The van der Waals surface area contributed by atoms with E-state index >= 15 is 0 Å². The number of rotatable bonds is 5. The predicted octanol–water partition coefficient (Wildman–Crippen LogP) is 3.53. The van der Waals surface area contributed by atoms with Crippen LogP contribution in [0.2, 0.25) is 0 Å². The molecule has 2 aromatic rings. The quantitative estimate of drug-likeness (QED) is 0.849. The van der Waals surface area contributed by atoms with E-state index in [0.717, 1.165) is 17.7 Å². The molecule has 0 atom stereocenters. The molecule has 0 aliphatic rings. The summed E-state index contributed by atoms with van der Waals surface area (Å²) in [4.78, 5) is 15.4. The average Bonchev–Trinajstić information content (AvgIpc) is 2.52. The Bertz CT molecular complexity index is 713. The molecule has 0 saturated heterocycles. The number of nitrogens with zero attached hydrogens (tertiary/aromatic N) is 1. The second kappa shape index (κ2) is 7.33. The zero-order valence-corrected chi connectivity index (χ0v) is 13.3. The molecule has 2 rings (SSSR count). The van der Waals surface area contributed by atoms with Gasteiger partial charge in [-0.1, -0.05) is 17.7 Å². The van der Waals surface area contributed by atoms with Gasteiger partial charge in [-0.3, -0.25) is 4.79 Å². The number of ether oxygens (including phenoxy) is 1. The molecule has 1 heterocycles. The fourth-order valence-electron chi connectivity index (χ4n) is 2.02. The van der Waals surface area contributed by atoms with Gasteiger partial charge in [0, 0.05) is 0 Å². The third-order valence-corrected chi connectivity index (χ3v) is 3.30. The van der Waals surface area contributed by atoms with E-state index in [0.29, 0.717) is 5.75 Å². The number of aromatic nitrogens is 1. The highest BCUT2D eigenvalue weighted by Crippen LogP contribution is 2.28. The van der Waals surface area contributed by atoms with Crippen molar-refractivity contribution in [1.82, 2.24) is 10.3 Å². The third kappa shape index (κ3) is 4.71. The van der Waals surface area contributed by atoms with Crippen LogP contribution in [0.5, 0.6) is 5.75 Å². The first-order valence-corrected chi connectivity index (χ1v) is 7.30. The first-order valence-electron chi connectivity index (χ1n) is 7.30. The van der Waals surface area contributed by atoms with E-state index < -0.39 is 17.8 Å². The first-order chi connectivity index (χ1) is 11.3. The van der Waals surface area contributed by atoms with E-state index in [9.17, 15) is 18.0 Å². The molecule has 128 valence electrons. The molecule has 4 nitrogen and oxygen atoms in total. The molecule has 1 N–H and O–H groups in total. The topological polar surface area (TPSA) is 51.2 Å². The fraction of sp³-hybridized carbons (Fsp3) is 0.294. The summed E-state index contributed by atoms with van der Waals surface area (Å²) in [6.07, 6.45) is -4.53. The van der Waals surface area contributed by atoms with Gasteiger partial charge >= 0.3 is 6.18 Å². The molecular weight excluding hydrogens is 321 g/mol. The van der Waals surface area contributed by atoms with E-state index in [2.05, 4.69) is 10.3 Å². The molecule has 0 fully saturated rings.